The number of nitrogens with two attached hydrogens (primary N) is 2. The highest BCUT2D eigenvalue weighted by Gasteiger charge is 2.24. The molecule has 1 aliphatic rings. The maximum atomic E-state index is 11.3. The molecule has 6 heteroatoms. The summed E-state index contributed by atoms with van der Waals surface area (Å²) < 4.78 is 4.01. The molecule has 0 aromatic carbocycles. The maximum absolute atomic E-state index is 11.3. The molecule has 0 radical (unpaired) electrons. The van der Waals surface area contributed by atoms with Crippen molar-refractivity contribution >= 4 is 28.3 Å². The highest BCUT2D eigenvalue weighted by molar-refractivity contribution is 7.11. The van der Waals surface area contributed by atoms with Gasteiger partial charge in [0.1, 0.15) is 10.6 Å². The van der Waals surface area contributed by atoms with Crippen LogP contribution in [0, 0.1) is 5.92 Å². The molecular formula is C10H16N4OS. The first kappa shape index (κ1) is 11.2. The highest BCUT2D eigenvalue weighted by Crippen LogP contribution is 2.32. The second-order valence-electron chi connectivity index (χ2n) is 4.28. The average Bonchev–Trinajstić information content (AvgIpc) is 2.61. The van der Waals surface area contributed by atoms with Crippen molar-refractivity contribution in [2.75, 3.05) is 23.7 Å². The van der Waals surface area contributed by atoms with Crippen molar-refractivity contribution in [2.45, 2.75) is 19.8 Å². The number of piperidine rings is 1. The Morgan fingerprint density at radius 1 is 1.50 bits per heavy atom. The molecule has 88 valence electrons. The third-order valence-corrected chi connectivity index (χ3v) is 3.94. The third-order valence-electron chi connectivity index (χ3n) is 3.02. The summed E-state index contributed by atoms with van der Waals surface area (Å²) >= 11 is 1.26. The van der Waals surface area contributed by atoms with E-state index < -0.39 is 5.91 Å². The molecule has 1 aromatic rings. The van der Waals surface area contributed by atoms with Crippen LogP contribution in [0.1, 0.15) is 30.1 Å². The van der Waals surface area contributed by atoms with E-state index in [4.69, 9.17) is 11.5 Å². The zero-order chi connectivity index (χ0) is 11.7. The van der Waals surface area contributed by atoms with Crippen molar-refractivity contribution in [1.29, 1.82) is 0 Å². The lowest BCUT2D eigenvalue weighted by Crippen LogP contribution is -2.33. The van der Waals surface area contributed by atoms with Gasteiger partial charge in [-0.1, -0.05) is 6.92 Å². The topological polar surface area (TPSA) is 85.2 Å². The average molecular weight is 240 g/mol. The summed E-state index contributed by atoms with van der Waals surface area (Å²) in [5.74, 6) is 0.518. The second kappa shape index (κ2) is 4.29. The van der Waals surface area contributed by atoms with Crippen LogP contribution in [0.2, 0.25) is 0 Å². The van der Waals surface area contributed by atoms with Crippen LogP contribution in [0.15, 0.2) is 0 Å². The van der Waals surface area contributed by atoms with Gasteiger partial charge in [0.05, 0.1) is 0 Å². The molecule has 1 aliphatic heterocycles. The third kappa shape index (κ3) is 1.97. The van der Waals surface area contributed by atoms with E-state index in [1.807, 2.05) is 0 Å². The predicted molar refractivity (Wildman–Crippen MR) is 65.7 cm³/mol. The van der Waals surface area contributed by atoms with E-state index >= 15 is 0 Å². The van der Waals surface area contributed by atoms with Crippen LogP contribution in [0.4, 0.5) is 10.8 Å². The summed E-state index contributed by atoms with van der Waals surface area (Å²) in [6, 6.07) is 0. The van der Waals surface area contributed by atoms with Crippen molar-refractivity contribution < 1.29 is 4.79 Å². The van der Waals surface area contributed by atoms with Gasteiger partial charge in [-0.3, -0.25) is 4.79 Å². The summed E-state index contributed by atoms with van der Waals surface area (Å²) in [7, 11) is 0. The first-order valence-electron chi connectivity index (χ1n) is 5.39. The van der Waals surface area contributed by atoms with Crippen molar-refractivity contribution in [1.82, 2.24) is 4.37 Å². The number of hydrogen-bond acceptors (Lipinski definition) is 5. The van der Waals surface area contributed by atoms with Crippen molar-refractivity contribution in [2.24, 2.45) is 11.7 Å². The number of hydrogen-bond donors (Lipinski definition) is 2. The van der Waals surface area contributed by atoms with Crippen LogP contribution in [0.25, 0.3) is 0 Å². The molecule has 1 fully saturated rings. The zero-order valence-corrected chi connectivity index (χ0v) is 10.1. The van der Waals surface area contributed by atoms with Crippen LogP contribution in [0.3, 0.4) is 0 Å². The first-order valence-corrected chi connectivity index (χ1v) is 6.17. The molecule has 5 nitrogen and oxygen atoms in total. The van der Waals surface area contributed by atoms with Gasteiger partial charge in [0.2, 0.25) is 0 Å². The number of aromatic nitrogens is 1. The maximum Gasteiger partial charge on any atom is 0.255 e. The summed E-state index contributed by atoms with van der Waals surface area (Å²) in [4.78, 5) is 13.5. The molecule has 0 bridgehead atoms. The van der Waals surface area contributed by atoms with Gasteiger partial charge in [-0.05, 0) is 30.3 Å². The van der Waals surface area contributed by atoms with Gasteiger partial charge < -0.3 is 16.4 Å². The molecule has 1 amide bonds. The van der Waals surface area contributed by atoms with Crippen LogP contribution in [-0.4, -0.2) is 23.4 Å². The Morgan fingerprint density at radius 2 is 2.12 bits per heavy atom. The fraction of sp³-hybridized carbons (Fsp3) is 0.600. The van der Waals surface area contributed by atoms with Crippen molar-refractivity contribution in [3.63, 3.8) is 0 Å². The van der Waals surface area contributed by atoms with Gasteiger partial charge in [-0.15, -0.1) is 0 Å². The minimum atomic E-state index is -0.486. The van der Waals surface area contributed by atoms with Crippen molar-refractivity contribution in [3.8, 4) is 0 Å². The predicted octanol–water partition coefficient (Wildman–Crippen LogP) is 1.06. The van der Waals surface area contributed by atoms with Crippen LogP contribution < -0.4 is 16.4 Å². The molecular weight excluding hydrogens is 224 g/mol. The molecule has 2 heterocycles. The highest BCUT2D eigenvalue weighted by atomic mass is 32.1. The zero-order valence-electron chi connectivity index (χ0n) is 9.27. The Hall–Kier alpha value is -1.30. The Morgan fingerprint density at radius 3 is 2.69 bits per heavy atom. The van der Waals surface area contributed by atoms with Crippen LogP contribution >= 0.6 is 11.5 Å². The number of anilines is 2. The number of carbonyl (C=O) groups excluding carboxylic acids is 1. The SMILES string of the molecule is CC1CCN(c2snc(N)c2C(N)=O)CC1. The largest absolute Gasteiger partial charge is 0.382 e. The molecule has 1 aromatic heterocycles. The molecule has 16 heavy (non-hydrogen) atoms. The summed E-state index contributed by atoms with van der Waals surface area (Å²) in [5.41, 5.74) is 11.4. The van der Waals surface area contributed by atoms with Crippen molar-refractivity contribution in [3.05, 3.63) is 5.56 Å². The number of amides is 1. The molecule has 1 saturated heterocycles. The summed E-state index contributed by atoms with van der Waals surface area (Å²) in [6.07, 6.45) is 2.27. The minimum absolute atomic E-state index is 0.256. The lowest BCUT2D eigenvalue weighted by atomic mass is 9.99. The number of nitrogen functional groups attached to an aromatic ring is 1. The van der Waals surface area contributed by atoms with E-state index in [-0.39, 0.29) is 5.82 Å². The molecule has 0 unspecified atom stereocenters. The summed E-state index contributed by atoms with van der Waals surface area (Å²) in [5, 5.41) is 0.830. The number of nitrogens with zero attached hydrogens (tertiary/aromatic N) is 2. The molecule has 0 atom stereocenters. The number of carbonyl (C=O) groups is 1. The smallest absolute Gasteiger partial charge is 0.255 e. The lowest BCUT2D eigenvalue weighted by Gasteiger charge is -2.31. The first-order chi connectivity index (χ1) is 7.59. The summed E-state index contributed by atoms with van der Waals surface area (Å²) in [6.45, 7) is 4.14. The monoisotopic (exact) mass is 240 g/mol. The fourth-order valence-corrected chi connectivity index (χ4v) is 2.82. The Balaban J connectivity index is 2.24. The van der Waals surface area contributed by atoms with E-state index in [1.54, 1.807) is 0 Å². The molecule has 0 spiro atoms. The molecule has 0 aliphatic carbocycles. The quantitative estimate of drug-likeness (QED) is 0.809. The van der Waals surface area contributed by atoms with E-state index in [0.29, 0.717) is 5.56 Å². The van der Waals surface area contributed by atoms with E-state index in [9.17, 15) is 4.79 Å². The standard InChI is InChI=1S/C10H16N4OS/c1-6-2-4-14(5-3-6)10-7(9(12)15)8(11)13-16-10/h6H,2-5H2,1H3,(H2,11,13)(H2,12,15). The second-order valence-corrected chi connectivity index (χ2v) is 5.03. The normalized spacial score (nSPS) is 17.7. The molecule has 0 saturated carbocycles. The fourth-order valence-electron chi connectivity index (χ4n) is 1.95. The Kier molecular flexibility index (Phi) is 3.00. The minimum Gasteiger partial charge on any atom is -0.382 e. The molecule has 2 rings (SSSR count). The van der Waals surface area contributed by atoms with Crippen LogP contribution in [0.5, 0.6) is 0 Å². The Labute approximate surface area is 98.6 Å². The van der Waals surface area contributed by atoms with Gasteiger partial charge in [0.15, 0.2) is 5.82 Å². The number of rotatable bonds is 2. The van der Waals surface area contributed by atoms with Gasteiger partial charge >= 0.3 is 0 Å². The number of primary amides is 1. The van der Waals surface area contributed by atoms with Crippen LogP contribution in [-0.2, 0) is 0 Å². The van der Waals surface area contributed by atoms with E-state index in [0.717, 1.165) is 36.9 Å². The van der Waals surface area contributed by atoms with Gasteiger partial charge in [0, 0.05) is 13.1 Å². The van der Waals surface area contributed by atoms with E-state index in [2.05, 4.69) is 16.2 Å². The molecule has 4 N–H and O–H groups in total. The van der Waals surface area contributed by atoms with E-state index in [1.165, 1.54) is 11.5 Å². The lowest BCUT2D eigenvalue weighted by molar-refractivity contribution is 0.100. The van der Waals surface area contributed by atoms with Gasteiger partial charge in [-0.25, -0.2) is 0 Å². The Bertz CT molecular complexity index is 396. The van der Waals surface area contributed by atoms with Gasteiger partial charge in [-0.2, -0.15) is 4.37 Å². The van der Waals surface area contributed by atoms with Gasteiger partial charge in [0.25, 0.3) is 5.91 Å².